The Kier molecular flexibility index (Phi) is 7.64. The van der Waals surface area contributed by atoms with Crippen molar-refractivity contribution >= 4 is 19.3 Å². The molecule has 0 bridgehead atoms. The molecular weight excluding hydrogens is 264 g/mol. The fraction of sp³-hybridized carbons (Fsp3) is 0.375. The summed E-state index contributed by atoms with van der Waals surface area (Å²) in [5, 5.41) is 0. The highest BCUT2D eigenvalue weighted by atomic mass is 16.1. The van der Waals surface area contributed by atoms with Crippen LogP contribution in [-0.2, 0) is 17.8 Å². The Morgan fingerprint density at radius 2 is 2.29 bits per heavy atom. The summed E-state index contributed by atoms with van der Waals surface area (Å²) in [4.78, 5) is 24.6. The third kappa shape index (κ3) is 6.61. The molecule has 5 heteroatoms. The van der Waals surface area contributed by atoms with E-state index >= 15 is 0 Å². The number of hydrogen-bond acceptors (Lipinski definition) is 4. The molecule has 0 saturated carbocycles. The summed E-state index contributed by atoms with van der Waals surface area (Å²) in [6.07, 6.45) is 8.04. The maximum atomic E-state index is 10.6. The van der Waals surface area contributed by atoms with E-state index < -0.39 is 0 Å². The average Bonchev–Trinajstić information content (AvgIpc) is 2.49. The van der Waals surface area contributed by atoms with E-state index in [2.05, 4.69) is 28.6 Å². The Hall–Kier alpha value is -2.30. The van der Waals surface area contributed by atoms with Crippen molar-refractivity contribution in [3.05, 3.63) is 41.4 Å². The third-order valence-corrected chi connectivity index (χ3v) is 2.79. The van der Waals surface area contributed by atoms with Crippen LogP contribution in [0, 0.1) is 0 Å². The minimum absolute atomic E-state index is 0.458. The predicted octanol–water partition coefficient (Wildman–Crippen LogP) is 2.28. The lowest BCUT2D eigenvalue weighted by atomic mass is 10.2. The number of rotatable bonds is 9. The number of nitrogens with zero attached hydrogens (tertiary/aromatic N) is 4. The standard InChI is InChI=1S/C16H22N4O/c1-4-5-16-7-6-14(11-19-16)9-18-10-15(8-17-2)12-20(3)13-21/h6-8,10-11,13H,2,4-5,9,12H2,1,3H3/b15-8+,18-10-. The molecule has 1 amide bonds. The van der Waals surface area contributed by atoms with Crippen LogP contribution in [0.15, 0.2) is 40.1 Å². The molecule has 0 aliphatic carbocycles. The molecule has 0 atom stereocenters. The molecule has 0 aromatic carbocycles. The number of pyridine rings is 1. The van der Waals surface area contributed by atoms with Crippen LogP contribution in [0.3, 0.4) is 0 Å². The SMILES string of the molecule is C=N/C=C(\C=N/Cc1ccc(CCC)nc1)CN(C)C=O. The molecule has 1 aromatic heterocycles. The van der Waals surface area contributed by atoms with Gasteiger partial charge >= 0.3 is 0 Å². The number of carbonyl (C=O) groups is 1. The van der Waals surface area contributed by atoms with E-state index in [-0.39, 0.29) is 0 Å². The molecular formula is C16H22N4O. The van der Waals surface area contributed by atoms with Gasteiger partial charge in [0.2, 0.25) is 6.41 Å². The van der Waals surface area contributed by atoms with E-state index in [9.17, 15) is 4.79 Å². The van der Waals surface area contributed by atoms with Crippen molar-refractivity contribution in [2.75, 3.05) is 13.6 Å². The lowest BCUT2D eigenvalue weighted by Gasteiger charge is -2.09. The number of aryl methyl sites for hydroxylation is 1. The first-order valence-corrected chi connectivity index (χ1v) is 6.93. The second kappa shape index (κ2) is 9.58. The Morgan fingerprint density at radius 1 is 1.48 bits per heavy atom. The van der Waals surface area contributed by atoms with Crippen LogP contribution in [0.2, 0.25) is 0 Å². The summed E-state index contributed by atoms with van der Waals surface area (Å²) in [5.74, 6) is 0. The lowest BCUT2D eigenvalue weighted by Crippen LogP contribution is -2.19. The van der Waals surface area contributed by atoms with Crippen molar-refractivity contribution in [1.82, 2.24) is 9.88 Å². The smallest absolute Gasteiger partial charge is 0.209 e. The number of amides is 1. The molecule has 0 aliphatic rings. The van der Waals surface area contributed by atoms with Crippen LogP contribution in [0.1, 0.15) is 24.6 Å². The fourth-order valence-electron chi connectivity index (χ4n) is 1.78. The normalized spacial score (nSPS) is 11.6. The predicted molar refractivity (Wildman–Crippen MR) is 86.8 cm³/mol. The van der Waals surface area contributed by atoms with Gasteiger partial charge in [-0.05, 0) is 24.8 Å². The van der Waals surface area contributed by atoms with Crippen molar-refractivity contribution in [2.24, 2.45) is 9.98 Å². The second-order valence-electron chi connectivity index (χ2n) is 4.78. The first kappa shape index (κ1) is 16.8. The Morgan fingerprint density at radius 3 is 2.86 bits per heavy atom. The van der Waals surface area contributed by atoms with Crippen LogP contribution < -0.4 is 0 Å². The van der Waals surface area contributed by atoms with Crippen molar-refractivity contribution in [2.45, 2.75) is 26.3 Å². The number of aromatic nitrogens is 1. The molecule has 0 fully saturated rings. The van der Waals surface area contributed by atoms with Crippen LogP contribution in [0.25, 0.3) is 0 Å². The molecule has 21 heavy (non-hydrogen) atoms. The Balaban J connectivity index is 2.59. The van der Waals surface area contributed by atoms with Gasteiger partial charge in [0.1, 0.15) is 0 Å². The van der Waals surface area contributed by atoms with Crippen LogP contribution >= 0.6 is 0 Å². The number of likely N-dealkylation sites (N-methyl/N-ethyl adjacent to an activating group) is 1. The molecule has 1 heterocycles. The maximum absolute atomic E-state index is 10.6. The zero-order chi connectivity index (χ0) is 15.5. The number of hydrogen-bond donors (Lipinski definition) is 0. The minimum Gasteiger partial charge on any atom is -0.344 e. The number of aliphatic imine (C=N–C) groups is 2. The highest BCUT2D eigenvalue weighted by molar-refractivity contribution is 5.79. The van der Waals surface area contributed by atoms with E-state index in [1.807, 2.05) is 18.3 Å². The van der Waals surface area contributed by atoms with Crippen LogP contribution in [0.4, 0.5) is 0 Å². The lowest BCUT2D eigenvalue weighted by molar-refractivity contribution is -0.116. The molecule has 0 aliphatic heterocycles. The van der Waals surface area contributed by atoms with Gasteiger partial charge in [-0.3, -0.25) is 19.8 Å². The first-order valence-electron chi connectivity index (χ1n) is 6.93. The maximum Gasteiger partial charge on any atom is 0.209 e. The van der Waals surface area contributed by atoms with Gasteiger partial charge in [-0.2, -0.15) is 0 Å². The molecule has 112 valence electrons. The van der Waals surface area contributed by atoms with Crippen LogP contribution in [-0.4, -0.2) is 42.8 Å². The van der Waals surface area contributed by atoms with Gasteiger partial charge in [-0.25, -0.2) is 0 Å². The Labute approximate surface area is 126 Å². The van der Waals surface area contributed by atoms with Crippen molar-refractivity contribution in [3.8, 4) is 0 Å². The molecule has 1 aromatic rings. The number of carbonyl (C=O) groups excluding carboxylic acids is 1. The topological polar surface area (TPSA) is 57.9 Å². The molecule has 1 rings (SSSR count). The van der Waals surface area contributed by atoms with Gasteiger partial charge in [-0.1, -0.05) is 19.4 Å². The van der Waals surface area contributed by atoms with Crippen molar-refractivity contribution < 1.29 is 4.79 Å². The zero-order valence-electron chi connectivity index (χ0n) is 12.7. The molecule has 0 unspecified atom stereocenters. The van der Waals surface area contributed by atoms with E-state index in [0.29, 0.717) is 13.1 Å². The second-order valence-corrected chi connectivity index (χ2v) is 4.78. The van der Waals surface area contributed by atoms with Gasteiger partial charge in [0.15, 0.2) is 0 Å². The summed E-state index contributed by atoms with van der Waals surface area (Å²) in [6, 6.07) is 4.08. The van der Waals surface area contributed by atoms with Gasteiger partial charge in [0, 0.05) is 43.5 Å². The molecule has 0 radical (unpaired) electrons. The highest BCUT2D eigenvalue weighted by Crippen LogP contribution is 2.04. The minimum atomic E-state index is 0.458. The van der Waals surface area contributed by atoms with Gasteiger partial charge in [-0.15, -0.1) is 0 Å². The van der Waals surface area contributed by atoms with Gasteiger partial charge < -0.3 is 4.90 Å². The molecule has 0 N–H and O–H groups in total. The summed E-state index contributed by atoms with van der Waals surface area (Å²) in [6.45, 7) is 6.57. The quantitative estimate of drug-likeness (QED) is 0.516. The summed E-state index contributed by atoms with van der Waals surface area (Å²) >= 11 is 0. The Bertz CT molecular complexity index is 506. The summed E-state index contributed by atoms with van der Waals surface area (Å²) < 4.78 is 0. The molecule has 0 spiro atoms. The molecule has 0 saturated heterocycles. The van der Waals surface area contributed by atoms with Crippen LogP contribution in [0.5, 0.6) is 0 Å². The first-order chi connectivity index (χ1) is 10.2. The van der Waals surface area contributed by atoms with E-state index in [1.165, 1.54) is 4.90 Å². The van der Waals surface area contributed by atoms with Gasteiger partial charge in [0.05, 0.1) is 6.54 Å². The third-order valence-electron chi connectivity index (χ3n) is 2.79. The molecule has 5 nitrogen and oxygen atoms in total. The summed E-state index contributed by atoms with van der Waals surface area (Å²) in [7, 11) is 1.70. The van der Waals surface area contributed by atoms with Gasteiger partial charge in [0.25, 0.3) is 0 Å². The zero-order valence-corrected chi connectivity index (χ0v) is 12.7. The highest BCUT2D eigenvalue weighted by Gasteiger charge is 1.98. The summed E-state index contributed by atoms with van der Waals surface area (Å²) in [5.41, 5.74) is 2.99. The van der Waals surface area contributed by atoms with E-state index in [4.69, 9.17) is 0 Å². The van der Waals surface area contributed by atoms with Crippen molar-refractivity contribution in [1.29, 1.82) is 0 Å². The average molecular weight is 286 g/mol. The monoisotopic (exact) mass is 286 g/mol. The van der Waals surface area contributed by atoms with Crippen molar-refractivity contribution in [3.63, 3.8) is 0 Å². The van der Waals surface area contributed by atoms with E-state index in [0.717, 1.165) is 36.1 Å². The largest absolute Gasteiger partial charge is 0.344 e. The fourth-order valence-corrected chi connectivity index (χ4v) is 1.78. The van der Waals surface area contributed by atoms with E-state index in [1.54, 1.807) is 19.5 Å².